The normalized spacial score (nSPS) is 33.9. The van der Waals surface area contributed by atoms with Crippen LogP contribution in [0, 0.1) is 0 Å². The van der Waals surface area contributed by atoms with Crippen molar-refractivity contribution < 1.29 is 39.1 Å². The van der Waals surface area contributed by atoms with Gasteiger partial charge in [-0.1, -0.05) is 0 Å². The molecular weight excluding hydrogens is 384 g/mol. The summed E-state index contributed by atoms with van der Waals surface area (Å²) in [5.41, 5.74) is -0.279. The Kier molecular flexibility index (Phi) is 5.14. The molecule has 9 nitrogen and oxygen atoms in total. The van der Waals surface area contributed by atoms with E-state index >= 15 is 0 Å². The van der Waals surface area contributed by atoms with Gasteiger partial charge in [0.15, 0.2) is 6.29 Å². The number of hydrogen-bond donors (Lipinski definition) is 4. The second-order valence-electron chi connectivity index (χ2n) is 7.95. The van der Waals surface area contributed by atoms with Crippen LogP contribution in [0.1, 0.15) is 19.4 Å². The zero-order valence-corrected chi connectivity index (χ0v) is 16.0. The number of rotatable bonds is 3. The minimum absolute atomic E-state index is 0.293. The first-order valence-corrected chi connectivity index (χ1v) is 9.42. The third-order valence-corrected chi connectivity index (χ3v) is 5.53. The van der Waals surface area contributed by atoms with Crippen molar-refractivity contribution in [2.24, 2.45) is 0 Å². The molecule has 1 fully saturated rings. The van der Waals surface area contributed by atoms with Crippen molar-refractivity contribution >= 4 is 11.0 Å². The van der Waals surface area contributed by atoms with Gasteiger partial charge in [0, 0.05) is 23.4 Å². The first-order valence-electron chi connectivity index (χ1n) is 9.42. The van der Waals surface area contributed by atoms with Crippen LogP contribution < -0.4 is 10.4 Å². The maximum atomic E-state index is 11.7. The second kappa shape index (κ2) is 7.35. The van der Waals surface area contributed by atoms with Crippen LogP contribution in [0.15, 0.2) is 33.5 Å². The van der Waals surface area contributed by atoms with Gasteiger partial charge in [0.05, 0.1) is 6.61 Å². The summed E-state index contributed by atoms with van der Waals surface area (Å²) >= 11 is 0. The van der Waals surface area contributed by atoms with E-state index < -0.39 is 54.6 Å². The van der Waals surface area contributed by atoms with E-state index in [-0.39, 0.29) is 0 Å². The van der Waals surface area contributed by atoms with Crippen LogP contribution in [-0.2, 0) is 15.9 Å². The molecule has 0 bridgehead atoms. The highest BCUT2D eigenvalue weighted by Gasteiger charge is 2.48. The molecule has 4 N–H and O–H groups in total. The van der Waals surface area contributed by atoms with Crippen molar-refractivity contribution in [3.8, 4) is 5.75 Å². The minimum atomic E-state index is -1.54. The summed E-state index contributed by atoms with van der Waals surface area (Å²) in [6.07, 6.45) is -7.24. The van der Waals surface area contributed by atoms with E-state index in [1.807, 2.05) is 0 Å². The molecule has 1 aromatic heterocycles. The van der Waals surface area contributed by atoms with Crippen molar-refractivity contribution in [2.45, 2.75) is 62.7 Å². The smallest absolute Gasteiger partial charge is 0.336 e. The Hall–Kier alpha value is -2.01. The van der Waals surface area contributed by atoms with Crippen LogP contribution in [-0.4, -0.2) is 69.4 Å². The van der Waals surface area contributed by atoms with E-state index in [0.717, 1.165) is 5.39 Å². The number of aliphatic hydroxyl groups excluding tert-OH is 4. The van der Waals surface area contributed by atoms with Gasteiger partial charge in [0.25, 0.3) is 0 Å². The molecule has 0 saturated carbocycles. The van der Waals surface area contributed by atoms with E-state index in [1.165, 1.54) is 6.07 Å². The zero-order valence-electron chi connectivity index (χ0n) is 16.0. The molecule has 1 saturated heterocycles. The van der Waals surface area contributed by atoms with Crippen molar-refractivity contribution in [3.05, 3.63) is 40.2 Å². The SMILES string of the molecule is CC1(C)Oc2ccc3ccc(=O)oc3c2C[C@H]1O[C@@H]1O[C@@H](CO)[C@H](O)[C@H](O)[C@H]1O. The molecule has 0 unspecified atom stereocenters. The van der Waals surface area contributed by atoms with Gasteiger partial charge in [0.1, 0.15) is 47.5 Å². The van der Waals surface area contributed by atoms with Gasteiger partial charge in [-0.2, -0.15) is 0 Å². The number of ether oxygens (including phenoxy) is 3. The number of hydrogen-bond acceptors (Lipinski definition) is 9. The number of benzene rings is 1. The highest BCUT2D eigenvalue weighted by atomic mass is 16.7. The van der Waals surface area contributed by atoms with Crippen LogP contribution in [0.2, 0.25) is 0 Å². The van der Waals surface area contributed by atoms with Crippen molar-refractivity contribution in [1.29, 1.82) is 0 Å². The minimum Gasteiger partial charge on any atom is -0.485 e. The zero-order chi connectivity index (χ0) is 20.9. The summed E-state index contributed by atoms with van der Waals surface area (Å²) in [6, 6.07) is 6.59. The quantitative estimate of drug-likeness (QED) is 0.504. The molecule has 1 aromatic carbocycles. The lowest BCUT2D eigenvalue weighted by Crippen LogP contribution is -2.61. The van der Waals surface area contributed by atoms with Gasteiger partial charge in [-0.15, -0.1) is 0 Å². The lowest BCUT2D eigenvalue weighted by atomic mass is 9.89. The van der Waals surface area contributed by atoms with Crippen LogP contribution in [0.5, 0.6) is 5.75 Å². The fourth-order valence-electron chi connectivity index (χ4n) is 3.79. The Morgan fingerprint density at radius 3 is 2.55 bits per heavy atom. The summed E-state index contributed by atoms with van der Waals surface area (Å²) in [7, 11) is 0. The number of aliphatic hydroxyl groups is 4. The second-order valence-corrected chi connectivity index (χ2v) is 7.95. The molecule has 0 aliphatic carbocycles. The first-order chi connectivity index (χ1) is 13.7. The average Bonchev–Trinajstić information content (AvgIpc) is 2.68. The molecule has 9 heteroatoms. The fourth-order valence-corrected chi connectivity index (χ4v) is 3.79. The van der Waals surface area contributed by atoms with Gasteiger partial charge in [0.2, 0.25) is 0 Å². The van der Waals surface area contributed by atoms with E-state index in [0.29, 0.717) is 23.3 Å². The van der Waals surface area contributed by atoms with Gasteiger partial charge >= 0.3 is 5.63 Å². The van der Waals surface area contributed by atoms with E-state index in [1.54, 1.807) is 32.0 Å². The summed E-state index contributed by atoms with van der Waals surface area (Å²) in [5, 5.41) is 40.3. The maximum Gasteiger partial charge on any atom is 0.336 e. The predicted molar refractivity (Wildman–Crippen MR) is 99.5 cm³/mol. The van der Waals surface area contributed by atoms with Gasteiger partial charge < -0.3 is 39.1 Å². The molecule has 0 spiro atoms. The third-order valence-electron chi connectivity index (χ3n) is 5.53. The topological polar surface area (TPSA) is 139 Å². The number of fused-ring (bicyclic) bond motifs is 3. The van der Waals surface area contributed by atoms with E-state index in [4.69, 9.17) is 18.6 Å². The van der Waals surface area contributed by atoms with Crippen LogP contribution in [0.4, 0.5) is 0 Å². The largest absolute Gasteiger partial charge is 0.485 e. The highest BCUT2D eigenvalue weighted by Crippen LogP contribution is 2.39. The molecule has 2 aliphatic rings. The lowest BCUT2D eigenvalue weighted by molar-refractivity contribution is -0.321. The maximum absolute atomic E-state index is 11.7. The molecule has 0 amide bonds. The lowest BCUT2D eigenvalue weighted by Gasteiger charge is -2.45. The Balaban J connectivity index is 1.65. The Morgan fingerprint density at radius 2 is 1.83 bits per heavy atom. The molecule has 158 valence electrons. The standard InChI is InChI=1S/C20H24O9/c1-20(2)13(27-19-17(25)16(24)15(23)12(8-21)26-19)7-10-11(29-20)5-3-9-4-6-14(22)28-18(9)10/h3-6,12-13,15-17,19,21,23-25H,7-8H2,1-2H3/t12-,13+,15-,16-,17+,19-/m0/s1. The van der Waals surface area contributed by atoms with Crippen LogP contribution in [0.3, 0.4) is 0 Å². The first kappa shape index (κ1) is 20.3. The molecule has 2 aliphatic heterocycles. The molecule has 3 heterocycles. The summed E-state index contributed by atoms with van der Waals surface area (Å²) in [5.74, 6) is 0.561. The monoisotopic (exact) mass is 408 g/mol. The predicted octanol–water partition coefficient (Wildman–Crippen LogP) is -0.308. The van der Waals surface area contributed by atoms with Crippen molar-refractivity contribution in [2.75, 3.05) is 6.61 Å². The van der Waals surface area contributed by atoms with Crippen molar-refractivity contribution in [3.63, 3.8) is 0 Å². The van der Waals surface area contributed by atoms with Crippen LogP contribution >= 0.6 is 0 Å². The Labute approximate surface area is 166 Å². The highest BCUT2D eigenvalue weighted by molar-refractivity contribution is 5.82. The van der Waals surface area contributed by atoms with E-state index in [9.17, 15) is 25.2 Å². The summed E-state index contributed by atoms with van der Waals surface area (Å²) in [6.45, 7) is 3.06. The van der Waals surface area contributed by atoms with Crippen LogP contribution in [0.25, 0.3) is 11.0 Å². The Bertz CT molecular complexity index is 951. The molecular formula is C20H24O9. The third kappa shape index (κ3) is 3.54. The average molecular weight is 408 g/mol. The van der Waals surface area contributed by atoms with E-state index in [2.05, 4.69) is 0 Å². The molecule has 6 atom stereocenters. The molecule has 0 radical (unpaired) electrons. The Morgan fingerprint density at radius 1 is 1.10 bits per heavy atom. The molecule has 4 rings (SSSR count). The van der Waals surface area contributed by atoms with Crippen molar-refractivity contribution in [1.82, 2.24) is 0 Å². The molecule has 2 aromatic rings. The summed E-state index contributed by atoms with van der Waals surface area (Å²) in [4.78, 5) is 11.7. The van der Waals surface area contributed by atoms with Gasteiger partial charge in [-0.3, -0.25) is 0 Å². The van der Waals surface area contributed by atoms with Gasteiger partial charge in [-0.25, -0.2) is 4.79 Å². The van der Waals surface area contributed by atoms with Gasteiger partial charge in [-0.05, 0) is 32.0 Å². The summed E-state index contributed by atoms with van der Waals surface area (Å²) < 4.78 is 22.9. The molecule has 29 heavy (non-hydrogen) atoms. The fraction of sp³-hybridized carbons (Fsp3) is 0.550.